The number of piperidine rings is 1. The Balaban J connectivity index is 1.13. The standard InChI is InChI=1S/C27H30FN3O/c28-26-20(14-21-13-18(17-32)16-31-12-8-23(26)27(21)31)7-11-30-9-5-19(6-10-30)24-15-29-25-4-2-1-3-22(24)25/h1-4,14-15,17-19,29H,5-13,16H2. The van der Waals surface area contributed by atoms with Crippen molar-refractivity contribution < 1.29 is 9.18 Å². The Morgan fingerprint density at radius 1 is 1.16 bits per heavy atom. The minimum Gasteiger partial charge on any atom is -0.370 e. The van der Waals surface area contributed by atoms with Crippen LogP contribution in [0.5, 0.6) is 0 Å². The van der Waals surface area contributed by atoms with Gasteiger partial charge in [0.15, 0.2) is 0 Å². The molecule has 5 heteroatoms. The van der Waals surface area contributed by atoms with E-state index in [1.54, 1.807) is 0 Å². The van der Waals surface area contributed by atoms with E-state index in [-0.39, 0.29) is 11.7 Å². The molecule has 0 aliphatic carbocycles. The number of rotatable bonds is 5. The molecule has 3 aliphatic rings. The largest absolute Gasteiger partial charge is 0.370 e. The summed E-state index contributed by atoms with van der Waals surface area (Å²) in [6.45, 7) is 4.60. The van der Waals surface area contributed by atoms with Crippen molar-refractivity contribution in [2.75, 3.05) is 37.6 Å². The van der Waals surface area contributed by atoms with Crippen molar-refractivity contribution in [3.8, 4) is 0 Å². The first-order valence-electron chi connectivity index (χ1n) is 12.0. The molecule has 4 heterocycles. The molecule has 0 radical (unpaired) electrons. The van der Waals surface area contributed by atoms with Crippen LogP contribution >= 0.6 is 0 Å². The summed E-state index contributed by atoms with van der Waals surface area (Å²) in [6, 6.07) is 10.6. The van der Waals surface area contributed by atoms with Gasteiger partial charge in [-0.15, -0.1) is 0 Å². The molecule has 1 fully saturated rings. The molecule has 3 aliphatic heterocycles. The second-order valence-corrected chi connectivity index (χ2v) is 9.79. The van der Waals surface area contributed by atoms with E-state index in [9.17, 15) is 4.79 Å². The SMILES string of the molecule is O=CC1Cc2cc(CCN3CCC(c4c[nH]c5ccccc45)CC3)c(F)c3c2N(CC3)C1. The average molecular weight is 432 g/mol. The van der Waals surface area contributed by atoms with Crippen molar-refractivity contribution in [3.63, 3.8) is 0 Å². The molecule has 6 rings (SSSR count). The minimum atomic E-state index is 0.00415. The van der Waals surface area contributed by atoms with E-state index in [4.69, 9.17) is 0 Å². The van der Waals surface area contributed by atoms with Crippen molar-refractivity contribution in [1.29, 1.82) is 0 Å². The van der Waals surface area contributed by atoms with Crippen LogP contribution < -0.4 is 4.90 Å². The van der Waals surface area contributed by atoms with Crippen LogP contribution in [-0.4, -0.2) is 48.9 Å². The molecule has 2 aromatic carbocycles. The van der Waals surface area contributed by atoms with Gasteiger partial charge in [-0.1, -0.05) is 24.3 Å². The average Bonchev–Trinajstić information content (AvgIpc) is 3.46. The molecule has 1 unspecified atom stereocenters. The molecule has 0 amide bonds. The lowest BCUT2D eigenvalue weighted by atomic mass is 9.88. The highest BCUT2D eigenvalue weighted by atomic mass is 19.1. The minimum absolute atomic E-state index is 0.00415. The molecule has 166 valence electrons. The van der Waals surface area contributed by atoms with Crippen LogP contribution in [0.3, 0.4) is 0 Å². The number of H-pyrrole nitrogens is 1. The number of para-hydroxylation sites is 1. The number of likely N-dealkylation sites (tertiary alicyclic amines) is 1. The van der Waals surface area contributed by atoms with Gasteiger partial charge in [0.2, 0.25) is 0 Å². The maximum absolute atomic E-state index is 15.3. The van der Waals surface area contributed by atoms with Crippen molar-refractivity contribution in [2.45, 2.75) is 38.0 Å². The number of benzene rings is 2. The lowest BCUT2D eigenvalue weighted by Gasteiger charge is -2.33. The van der Waals surface area contributed by atoms with Gasteiger partial charge < -0.3 is 19.6 Å². The monoisotopic (exact) mass is 431 g/mol. The molecule has 1 atom stereocenters. The topological polar surface area (TPSA) is 39.3 Å². The van der Waals surface area contributed by atoms with Crippen LogP contribution in [0, 0.1) is 11.7 Å². The number of carbonyl (C=O) groups is 1. The third kappa shape index (κ3) is 3.34. The summed E-state index contributed by atoms with van der Waals surface area (Å²) in [6.07, 6.45) is 7.82. The maximum atomic E-state index is 15.3. The zero-order chi connectivity index (χ0) is 21.7. The molecule has 4 nitrogen and oxygen atoms in total. The molecule has 3 aromatic rings. The third-order valence-electron chi connectivity index (χ3n) is 7.91. The number of aldehydes is 1. The number of halogens is 1. The number of fused-ring (bicyclic) bond motifs is 1. The van der Waals surface area contributed by atoms with Crippen molar-refractivity contribution in [3.05, 3.63) is 64.6 Å². The summed E-state index contributed by atoms with van der Waals surface area (Å²) < 4.78 is 15.3. The molecular formula is C27H30FN3O. The van der Waals surface area contributed by atoms with Crippen molar-refractivity contribution >= 4 is 22.9 Å². The van der Waals surface area contributed by atoms with Crippen LogP contribution in [0.2, 0.25) is 0 Å². The Labute approximate surface area is 188 Å². The highest BCUT2D eigenvalue weighted by molar-refractivity contribution is 5.83. The fourth-order valence-corrected chi connectivity index (χ4v) is 6.23. The number of nitrogens with one attached hydrogen (secondary N) is 1. The molecule has 0 bridgehead atoms. The van der Waals surface area contributed by atoms with Crippen molar-refractivity contribution in [2.24, 2.45) is 5.92 Å². The number of hydrogen-bond donors (Lipinski definition) is 1. The van der Waals surface area contributed by atoms with Gasteiger partial charge in [0.1, 0.15) is 12.1 Å². The Morgan fingerprint density at radius 3 is 2.84 bits per heavy atom. The normalized spacial score (nSPS) is 21.3. The summed E-state index contributed by atoms with van der Waals surface area (Å²) >= 11 is 0. The van der Waals surface area contributed by atoms with E-state index in [1.165, 1.54) is 22.0 Å². The second-order valence-electron chi connectivity index (χ2n) is 9.79. The summed E-state index contributed by atoms with van der Waals surface area (Å²) in [4.78, 5) is 19.5. The van der Waals surface area contributed by atoms with E-state index < -0.39 is 0 Å². The first-order chi connectivity index (χ1) is 15.7. The van der Waals surface area contributed by atoms with Crippen LogP contribution in [0.4, 0.5) is 10.1 Å². The molecular weight excluding hydrogens is 401 g/mol. The molecule has 32 heavy (non-hydrogen) atoms. The summed E-state index contributed by atoms with van der Waals surface area (Å²) in [5.74, 6) is 0.634. The Kier molecular flexibility index (Phi) is 5.02. The van der Waals surface area contributed by atoms with Gasteiger partial charge in [-0.05, 0) is 73.9 Å². The number of hydrogen-bond acceptors (Lipinski definition) is 3. The second kappa shape index (κ2) is 8.04. The fourth-order valence-electron chi connectivity index (χ4n) is 6.23. The molecule has 0 spiro atoms. The van der Waals surface area contributed by atoms with Crippen molar-refractivity contribution in [1.82, 2.24) is 9.88 Å². The lowest BCUT2D eigenvalue weighted by Crippen LogP contribution is -2.35. The zero-order valence-electron chi connectivity index (χ0n) is 18.4. The maximum Gasteiger partial charge on any atom is 0.131 e. The first kappa shape index (κ1) is 20.0. The van der Waals surface area contributed by atoms with Crippen LogP contribution in [0.25, 0.3) is 10.9 Å². The predicted molar refractivity (Wildman–Crippen MR) is 126 cm³/mol. The van der Waals surface area contributed by atoms with Gasteiger partial charge in [0.25, 0.3) is 0 Å². The predicted octanol–water partition coefficient (Wildman–Crippen LogP) is 4.46. The van der Waals surface area contributed by atoms with E-state index in [1.807, 2.05) is 0 Å². The summed E-state index contributed by atoms with van der Waals surface area (Å²) in [7, 11) is 0. The Bertz CT molecular complexity index is 1160. The highest BCUT2D eigenvalue weighted by Gasteiger charge is 2.33. The van der Waals surface area contributed by atoms with Gasteiger partial charge in [0.05, 0.1) is 0 Å². The third-order valence-corrected chi connectivity index (χ3v) is 7.91. The van der Waals surface area contributed by atoms with E-state index in [0.717, 1.165) is 87.9 Å². The number of nitrogens with zero attached hydrogens (tertiary/aromatic N) is 2. The Hall–Kier alpha value is -2.66. The number of carbonyl (C=O) groups excluding carboxylic acids is 1. The number of anilines is 1. The number of aromatic amines is 1. The number of aromatic nitrogens is 1. The summed E-state index contributed by atoms with van der Waals surface area (Å²) in [5, 5.41) is 1.35. The fraction of sp³-hybridized carbons (Fsp3) is 0.444. The molecule has 1 aromatic heterocycles. The van der Waals surface area contributed by atoms with E-state index >= 15 is 4.39 Å². The molecule has 0 saturated carbocycles. The molecule has 1 saturated heterocycles. The van der Waals surface area contributed by atoms with Gasteiger partial charge in [-0.3, -0.25) is 0 Å². The summed E-state index contributed by atoms with van der Waals surface area (Å²) in [5.41, 5.74) is 6.65. The first-order valence-corrected chi connectivity index (χ1v) is 12.0. The van der Waals surface area contributed by atoms with Gasteiger partial charge in [0, 0.05) is 53.9 Å². The van der Waals surface area contributed by atoms with E-state index in [0.29, 0.717) is 5.92 Å². The van der Waals surface area contributed by atoms with Gasteiger partial charge in [-0.2, -0.15) is 0 Å². The quantitative estimate of drug-likeness (QED) is 0.606. The van der Waals surface area contributed by atoms with Crippen LogP contribution in [0.15, 0.2) is 36.5 Å². The van der Waals surface area contributed by atoms with Crippen LogP contribution in [0.1, 0.15) is 41.0 Å². The van der Waals surface area contributed by atoms with Gasteiger partial charge >= 0.3 is 0 Å². The van der Waals surface area contributed by atoms with E-state index in [2.05, 4.69) is 51.3 Å². The highest BCUT2D eigenvalue weighted by Crippen LogP contribution is 2.40. The van der Waals surface area contributed by atoms with Gasteiger partial charge in [-0.25, -0.2) is 4.39 Å². The Morgan fingerprint density at radius 2 is 2.00 bits per heavy atom. The molecule has 1 N–H and O–H groups in total. The lowest BCUT2D eigenvalue weighted by molar-refractivity contribution is -0.110. The zero-order valence-corrected chi connectivity index (χ0v) is 18.4. The smallest absolute Gasteiger partial charge is 0.131 e. The van der Waals surface area contributed by atoms with Crippen LogP contribution in [-0.2, 0) is 24.1 Å².